The molecule has 0 radical (unpaired) electrons. The monoisotopic (exact) mass is 350 g/mol. The molecule has 2 aliphatic heterocycles. The largest absolute Gasteiger partial charge is 0.375 e. The van der Waals surface area contributed by atoms with Crippen molar-refractivity contribution in [3.8, 4) is 11.1 Å². The molecule has 25 heavy (non-hydrogen) atoms. The van der Waals surface area contributed by atoms with Gasteiger partial charge >= 0.3 is 0 Å². The van der Waals surface area contributed by atoms with Crippen molar-refractivity contribution in [3.05, 3.63) is 76.1 Å². The Hall–Kier alpha value is -2.43. The van der Waals surface area contributed by atoms with Crippen LogP contribution in [0.15, 0.2) is 58.0 Å². The third-order valence-corrected chi connectivity index (χ3v) is 5.13. The van der Waals surface area contributed by atoms with Crippen molar-refractivity contribution in [1.82, 2.24) is 5.16 Å². The Labute approximate surface area is 150 Å². The van der Waals surface area contributed by atoms with Crippen molar-refractivity contribution < 1.29 is 9.26 Å². The van der Waals surface area contributed by atoms with Gasteiger partial charge in [0.2, 0.25) is 0 Å². The van der Waals surface area contributed by atoms with Gasteiger partial charge in [0.25, 0.3) is 0 Å². The zero-order valence-electron chi connectivity index (χ0n) is 13.6. The van der Waals surface area contributed by atoms with Crippen LogP contribution in [0.3, 0.4) is 0 Å². The average molecular weight is 351 g/mol. The number of aromatic nitrogens is 1. The van der Waals surface area contributed by atoms with E-state index in [1.54, 1.807) is 0 Å². The summed E-state index contributed by atoms with van der Waals surface area (Å²) in [7, 11) is 0. The molecule has 4 nitrogen and oxygen atoms in total. The summed E-state index contributed by atoms with van der Waals surface area (Å²) in [4.78, 5) is 5.13. The molecule has 1 spiro atoms. The van der Waals surface area contributed by atoms with Crippen molar-refractivity contribution in [1.29, 1.82) is 0 Å². The van der Waals surface area contributed by atoms with Gasteiger partial charge in [-0.05, 0) is 24.6 Å². The summed E-state index contributed by atoms with van der Waals surface area (Å²) in [6.45, 7) is 2.97. The molecule has 0 N–H and O–H groups in total. The summed E-state index contributed by atoms with van der Waals surface area (Å²) < 4.78 is 11.1. The minimum Gasteiger partial charge on any atom is -0.375 e. The van der Waals surface area contributed by atoms with Crippen LogP contribution < -0.4 is 0 Å². The van der Waals surface area contributed by atoms with E-state index in [0.29, 0.717) is 18.2 Å². The van der Waals surface area contributed by atoms with Crippen LogP contribution in [0.5, 0.6) is 0 Å². The molecule has 3 aromatic rings. The normalized spacial score (nSPS) is 17.3. The maximum atomic E-state index is 6.07. The second kappa shape index (κ2) is 5.28. The van der Waals surface area contributed by atoms with Crippen molar-refractivity contribution in [2.45, 2.75) is 12.5 Å². The first-order valence-corrected chi connectivity index (χ1v) is 8.56. The Morgan fingerprint density at radius 2 is 1.72 bits per heavy atom. The number of halogens is 1. The maximum Gasteiger partial charge on any atom is 0.154 e. The first-order chi connectivity index (χ1) is 12.2. The van der Waals surface area contributed by atoms with E-state index in [1.807, 2.05) is 43.3 Å². The van der Waals surface area contributed by atoms with Gasteiger partial charge in [0.15, 0.2) is 5.54 Å². The predicted octanol–water partition coefficient (Wildman–Crippen LogP) is 4.38. The van der Waals surface area contributed by atoms with Crippen LogP contribution in [0.25, 0.3) is 11.1 Å². The Kier molecular flexibility index (Phi) is 3.14. The highest BCUT2D eigenvalue weighted by molar-refractivity contribution is 6.30. The quantitative estimate of drug-likeness (QED) is 0.654. The summed E-state index contributed by atoms with van der Waals surface area (Å²) in [5.41, 5.74) is 5.55. The van der Waals surface area contributed by atoms with Gasteiger partial charge in [-0.1, -0.05) is 53.2 Å². The van der Waals surface area contributed by atoms with Crippen molar-refractivity contribution in [2.75, 3.05) is 13.2 Å². The molecular formula is C20H15ClN2O2. The van der Waals surface area contributed by atoms with Crippen molar-refractivity contribution >= 4 is 17.3 Å². The van der Waals surface area contributed by atoms with Crippen LogP contribution in [0.4, 0.5) is 0 Å². The lowest BCUT2D eigenvalue weighted by Crippen LogP contribution is -2.46. The first kappa shape index (κ1) is 14.9. The highest BCUT2D eigenvalue weighted by atomic mass is 35.5. The fourth-order valence-electron chi connectivity index (χ4n) is 3.57. The molecule has 5 heteroatoms. The SMILES string of the molecule is Cc1onc2c1-c1ccccc1C(c1ccc(Cl)cc1)=NC21COC1. The van der Waals surface area contributed by atoms with E-state index in [0.717, 1.165) is 39.4 Å². The molecule has 0 amide bonds. The fourth-order valence-corrected chi connectivity index (χ4v) is 3.69. The molecule has 0 unspecified atom stereocenters. The van der Waals surface area contributed by atoms with Crippen LogP contribution in [-0.2, 0) is 10.3 Å². The molecule has 5 rings (SSSR count). The molecule has 0 bridgehead atoms. The second-order valence-corrected chi connectivity index (χ2v) is 6.94. The fraction of sp³-hybridized carbons (Fsp3) is 0.200. The molecule has 1 saturated heterocycles. The minimum atomic E-state index is -0.485. The van der Waals surface area contributed by atoms with Crippen LogP contribution >= 0.6 is 11.6 Å². The molecule has 124 valence electrons. The molecule has 0 atom stereocenters. The number of nitrogens with zero attached hydrogens (tertiary/aromatic N) is 2. The van der Waals surface area contributed by atoms with E-state index < -0.39 is 5.54 Å². The zero-order chi connectivity index (χ0) is 17.0. The van der Waals surface area contributed by atoms with Gasteiger partial charge in [-0.2, -0.15) is 0 Å². The lowest BCUT2D eigenvalue weighted by molar-refractivity contribution is -0.0581. The molecule has 1 aromatic heterocycles. The van der Waals surface area contributed by atoms with E-state index in [2.05, 4.69) is 17.3 Å². The first-order valence-electron chi connectivity index (χ1n) is 8.18. The van der Waals surface area contributed by atoms with Gasteiger partial charge in [-0.15, -0.1) is 0 Å². The number of hydrogen-bond acceptors (Lipinski definition) is 4. The summed E-state index contributed by atoms with van der Waals surface area (Å²) in [6.07, 6.45) is 0. The molecule has 0 aliphatic carbocycles. The smallest absolute Gasteiger partial charge is 0.154 e. The van der Waals surface area contributed by atoms with E-state index in [1.165, 1.54) is 0 Å². The Morgan fingerprint density at radius 3 is 2.40 bits per heavy atom. The lowest BCUT2D eigenvalue weighted by Gasteiger charge is -2.36. The molecule has 2 aromatic carbocycles. The van der Waals surface area contributed by atoms with Crippen molar-refractivity contribution in [2.24, 2.45) is 4.99 Å². The zero-order valence-corrected chi connectivity index (χ0v) is 14.4. The number of benzene rings is 2. The van der Waals surface area contributed by atoms with E-state index >= 15 is 0 Å². The van der Waals surface area contributed by atoms with E-state index in [-0.39, 0.29) is 0 Å². The Morgan fingerprint density at radius 1 is 1.00 bits per heavy atom. The standard InChI is InChI=1S/C20H15ClN2O2/c1-12-17-15-4-2-3-5-16(15)18(13-6-8-14(21)9-7-13)22-20(10-24-11-20)19(17)23-25-12/h2-9H,10-11H2,1H3. The number of rotatable bonds is 1. The molecular weight excluding hydrogens is 336 g/mol. The minimum absolute atomic E-state index is 0.485. The molecule has 2 aliphatic rings. The topological polar surface area (TPSA) is 47.6 Å². The van der Waals surface area contributed by atoms with Crippen LogP contribution in [-0.4, -0.2) is 24.1 Å². The van der Waals surface area contributed by atoms with Gasteiger partial charge < -0.3 is 9.26 Å². The number of aliphatic imine (C=N–C) groups is 1. The summed E-state index contributed by atoms with van der Waals surface area (Å²) in [6, 6.07) is 16.1. The second-order valence-electron chi connectivity index (χ2n) is 6.50. The number of ether oxygens (including phenoxy) is 1. The third kappa shape index (κ3) is 2.11. The van der Waals surface area contributed by atoms with Gasteiger partial charge in [0, 0.05) is 16.1 Å². The summed E-state index contributed by atoms with van der Waals surface area (Å²) in [5.74, 6) is 0.807. The predicted molar refractivity (Wildman–Crippen MR) is 96.3 cm³/mol. The van der Waals surface area contributed by atoms with Gasteiger partial charge in [0.1, 0.15) is 11.5 Å². The Bertz CT molecular complexity index is 1000. The third-order valence-electron chi connectivity index (χ3n) is 4.88. The number of aryl methyl sites for hydroxylation is 1. The highest BCUT2D eigenvalue weighted by Crippen LogP contribution is 2.45. The van der Waals surface area contributed by atoms with Crippen LogP contribution in [0.2, 0.25) is 5.02 Å². The van der Waals surface area contributed by atoms with Gasteiger partial charge in [-0.3, -0.25) is 4.99 Å². The van der Waals surface area contributed by atoms with Gasteiger partial charge in [0.05, 0.1) is 24.5 Å². The molecule has 1 fully saturated rings. The lowest BCUT2D eigenvalue weighted by atomic mass is 9.88. The molecule has 0 saturated carbocycles. The molecule has 3 heterocycles. The summed E-state index contributed by atoms with van der Waals surface area (Å²) in [5, 5.41) is 5.06. The van der Waals surface area contributed by atoms with Gasteiger partial charge in [-0.25, -0.2) is 0 Å². The van der Waals surface area contributed by atoms with Crippen LogP contribution in [0, 0.1) is 6.92 Å². The Balaban J connectivity index is 1.83. The number of hydrogen-bond donors (Lipinski definition) is 0. The number of fused-ring (bicyclic) bond motifs is 4. The van der Waals surface area contributed by atoms with E-state index in [4.69, 9.17) is 25.9 Å². The van der Waals surface area contributed by atoms with Crippen molar-refractivity contribution in [3.63, 3.8) is 0 Å². The average Bonchev–Trinajstić information content (AvgIpc) is 2.91. The maximum absolute atomic E-state index is 6.07. The van der Waals surface area contributed by atoms with Crippen LogP contribution in [0.1, 0.15) is 22.6 Å². The van der Waals surface area contributed by atoms with E-state index in [9.17, 15) is 0 Å². The highest BCUT2D eigenvalue weighted by Gasteiger charge is 2.47. The summed E-state index contributed by atoms with van der Waals surface area (Å²) >= 11 is 6.07.